The molecule has 1 saturated carbocycles. The summed E-state index contributed by atoms with van der Waals surface area (Å²) in [6, 6.07) is 12.2. The molecule has 0 aromatic heterocycles. The van der Waals surface area contributed by atoms with Crippen LogP contribution in [0, 0.1) is 0 Å². The van der Waals surface area contributed by atoms with Gasteiger partial charge in [-0.15, -0.1) is 0 Å². The second-order valence-corrected chi connectivity index (χ2v) is 6.76. The van der Waals surface area contributed by atoms with Crippen LogP contribution >= 0.6 is 23.2 Å². The van der Waals surface area contributed by atoms with Gasteiger partial charge in [0.05, 0.1) is 11.6 Å². The molecule has 0 amide bonds. The largest absolute Gasteiger partial charge is 0.490 e. The fourth-order valence-corrected chi connectivity index (χ4v) is 2.96. The predicted molar refractivity (Wildman–Crippen MR) is 98.3 cm³/mol. The molecule has 1 N–H and O–H groups in total. The van der Waals surface area contributed by atoms with Crippen LogP contribution < -0.4 is 14.8 Å². The standard InChI is InChI=1S/C19H21Cl2NO2/c1-2-23-18-10-14(11-22-16-6-7-16)9-17(21)19(18)24-12-13-4-3-5-15(20)8-13/h3-5,8-10,16,22H,2,6-7,11-12H2,1H3. The molecule has 128 valence electrons. The average Bonchev–Trinajstić information content (AvgIpc) is 3.37. The maximum absolute atomic E-state index is 6.44. The first kappa shape index (κ1) is 17.4. The second kappa shape index (κ2) is 8.11. The highest BCUT2D eigenvalue weighted by molar-refractivity contribution is 6.32. The van der Waals surface area contributed by atoms with Crippen LogP contribution in [-0.4, -0.2) is 12.6 Å². The Kier molecular flexibility index (Phi) is 5.88. The van der Waals surface area contributed by atoms with Crippen LogP contribution in [0.15, 0.2) is 36.4 Å². The summed E-state index contributed by atoms with van der Waals surface area (Å²) in [6.07, 6.45) is 2.51. The summed E-state index contributed by atoms with van der Waals surface area (Å²) in [6.45, 7) is 3.69. The van der Waals surface area contributed by atoms with E-state index < -0.39 is 0 Å². The molecule has 0 atom stereocenters. The maximum atomic E-state index is 6.44. The van der Waals surface area contributed by atoms with Crippen LogP contribution in [0.4, 0.5) is 0 Å². The van der Waals surface area contributed by atoms with Gasteiger partial charge in [-0.2, -0.15) is 0 Å². The molecular weight excluding hydrogens is 345 g/mol. The van der Waals surface area contributed by atoms with Crippen molar-refractivity contribution >= 4 is 23.2 Å². The van der Waals surface area contributed by atoms with E-state index >= 15 is 0 Å². The molecule has 5 heteroatoms. The van der Waals surface area contributed by atoms with Gasteiger partial charge in [-0.25, -0.2) is 0 Å². The van der Waals surface area contributed by atoms with Gasteiger partial charge in [0.25, 0.3) is 0 Å². The molecule has 0 heterocycles. The zero-order chi connectivity index (χ0) is 16.9. The summed E-state index contributed by atoms with van der Waals surface area (Å²) < 4.78 is 11.6. The summed E-state index contributed by atoms with van der Waals surface area (Å²) in [4.78, 5) is 0. The van der Waals surface area contributed by atoms with Gasteiger partial charge in [-0.05, 0) is 55.2 Å². The summed E-state index contributed by atoms with van der Waals surface area (Å²) >= 11 is 12.5. The zero-order valence-electron chi connectivity index (χ0n) is 13.6. The Balaban J connectivity index is 1.74. The molecule has 0 aliphatic heterocycles. The Morgan fingerprint density at radius 3 is 2.62 bits per heavy atom. The van der Waals surface area contributed by atoms with E-state index in [2.05, 4.69) is 5.32 Å². The third-order valence-electron chi connectivity index (χ3n) is 3.81. The minimum absolute atomic E-state index is 0.389. The Morgan fingerprint density at radius 2 is 1.92 bits per heavy atom. The average molecular weight is 366 g/mol. The fourth-order valence-electron chi connectivity index (χ4n) is 2.46. The number of benzene rings is 2. The van der Waals surface area contributed by atoms with Crippen molar-refractivity contribution in [2.24, 2.45) is 0 Å². The Morgan fingerprint density at radius 1 is 1.08 bits per heavy atom. The number of hydrogen-bond acceptors (Lipinski definition) is 3. The Labute approximate surface area is 152 Å². The van der Waals surface area contributed by atoms with E-state index in [0.29, 0.717) is 40.8 Å². The van der Waals surface area contributed by atoms with Gasteiger partial charge in [-0.3, -0.25) is 0 Å². The lowest BCUT2D eigenvalue weighted by molar-refractivity contribution is 0.269. The fraction of sp³-hybridized carbons (Fsp3) is 0.368. The highest BCUT2D eigenvalue weighted by Crippen LogP contribution is 2.37. The van der Waals surface area contributed by atoms with Gasteiger partial charge in [-0.1, -0.05) is 35.3 Å². The molecule has 2 aromatic rings. The van der Waals surface area contributed by atoms with Crippen molar-refractivity contribution in [2.45, 2.75) is 39.0 Å². The molecule has 0 saturated heterocycles. The number of ether oxygens (including phenoxy) is 2. The van der Waals surface area contributed by atoms with E-state index in [1.807, 2.05) is 43.3 Å². The van der Waals surface area contributed by atoms with Crippen LogP contribution in [0.2, 0.25) is 10.0 Å². The van der Waals surface area contributed by atoms with Crippen molar-refractivity contribution in [1.82, 2.24) is 5.32 Å². The van der Waals surface area contributed by atoms with Gasteiger partial charge in [0, 0.05) is 17.6 Å². The lowest BCUT2D eigenvalue weighted by Gasteiger charge is -2.16. The van der Waals surface area contributed by atoms with Crippen LogP contribution in [-0.2, 0) is 13.2 Å². The molecule has 1 aliphatic carbocycles. The van der Waals surface area contributed by atoms with Gasteiger partial charge in [0.1, 0.15) is 6.61 Å². The van der Waals surface area contributed by atoms with Gasteiger partial charge in [0.2, 0.25) is 0 Å². The van der Waals surface area contributed by atoms with E-state index in [0.717, 1.165) is 17.7 Å². The molecule has 3 nitrogen and oxygen atoms in total. The number of rotatable bonds is 8. The molecule has 0 unspecified atom stereocenters. The minimum Gasteiger partial charge on any atom is -0.490 e. The summed E-state index contributed by atoms with van der Waals surface area (Å²) in [7, 11) is 0. The lowest BCUT2D eigenvalue weighted by Crippen LogP contribution is -2.15. The molecular formula is C19H21Cl2NO2. The van der Waals surface area contributed by atoms with Crippen molar-refractivity contribution in [1.29, 1.82) is 0 Å². The smallest absolute Gasteiger partial charge is 0.180 e. The first-order valence-electron chi connectivity index (χ1n) is 8.21. The third kappa shape index (κ3) is 4.79. The third-order valence-corrected chi connectivity index (χ3v) is 4.33. The topological polar surface area (TPSA) is 30.5 Å². The normalized spacial score (nSPS) is 13.8. The van der Waals surface area contributed by atoms with E-state index in [-0.39, 0.29) is 0 Å². The van der Waals surface area contributed by atoms with Crippen molar-refractivity contribution in [3.05, 3.63) is 57.6 Å². The summed E-state index contributed by atoms with van der Waals surface area (Å²) in [5, 5.41) is 4.74. The molecule has 2 aromatic carbocycles. The molecule has 0 bridgehead atoms. The zero-order valence-corrected chi connectivity index (χ0v) is 15.2. The van der Waals surface area contributed by atoms with E-state index in [1.54, 1.807) is 0 Å². The van der Waals surface area contributed by atoms with Crippen LogP contribution in [0.3, 0.4) is 0 Å². The molecule has 24 heavy (non-hydrogen) atoms. The van der Waals surface area contributed by atoms with Gasteiger partial charge >= 0.3 is 0 Å². The first-order valence-corrected chi connectivity index (χ1v) is 8.97. The Hall–Kier alpha value is -1.42. The highest BCUT2D eigenvalue weighted by Gasteiger charge is 2.21. The second-order valence-electron chi connectivity index (χ2n) is 5.91. The molecule has 3 rings (SSSR count). The van der Waals surface area contributed by atoms with Crippen molar-refractivity contribution in [3.8, 4) is 11.5 Å². The van der Waals surface area contributed by atoms with Crippen LogP contribution in [0.1, 0.15) is 30.9 Å². The predicted octanol–water partition coefficient (Wildman–Crippen LogP) is 5.22. The van der Waals surface area contributed by atoms with Crippen molar-refractivity contribution < 1.29 is 9.47 Å². The van der Waals surface area contributed by atoms with E-state index in [9.17, 15) is 0 Å². The summed E-state index contributed by atoms with van der Waals surface area (Å²) in [5.74, 6) is 1.26. The monoisotopic (exact) mass is 365 g/mol. The van der Waals surface area contributed by atoms with Gasteiger partial charge < -0.3 is 14.8 Å². The molecule has 1 aliphatic rings. The maximum Gasteiger partial charge on any atom is 0.180 e. The van der Waals surface area contributed by atoms with E-state index in [4.69, 9.17) is 32.7 Å². The first-order chi connectivity index (χ1) is 11.7. The number of hydrogen-bond donors (Lipinski definition) is 1. The molecule has 0 radical (unpaired) electrons. The lowest BCUT2D eigenvalue weighted by atomic mass is 10.2. The quantitative estimate of drug-likeness (QED) is 0.695. The number of nitrogens with one attached hydrogen (secondary N) is 1. The van der Waals surface area contributed by atoms with Gasteiger partial charge in [0.15, 0.2) is 11.5 Å². The highest BCUT2D eigenvalue weighted by atomic mass is 35.5. The minimum atomic E-state index is 0.389. The van der Waals surface area contributed by atoms with Crippen LogP contribution in [0.5, 0.6) is 11.5 Å². The molecule has 0 spiro atoms. The van der Waals surface area contributed by atoms with Crippen molar-refractivity contribution in [3.63, 3.8) is 0 Å². The molecule has 1 fully saturated rings. The summed E-state index contributed by atoms with van der Waals surface area (Å²) in [5.41, 5.74) is 2.09. The van der Waals surface area contributed by atoms with Crippen molar-refractivity contribution in [2.75, 3.05) is 6.61 Å². The SMILES string of the molecule is CCOc1cc(CNC2CC2)cc(Cl)c1OCc1cccc(Cl)c1. The van der Waals surface area contributed by atoms with Crippen LogP contribution in [0.25, 0.3) is 0 Å². The number of halogens is 2. The van der Waals surface area contributed by atoms with E-state index in [1.165, 1.54) is 12.8 Å². The Bertz CT molecular complexity index is 702.